The summed E-state index contributed by atoms with van der Waals surface area (Å²) < 4.78 is 9.74. The molecule has 5 heteroatoms. The molecule has 0 amide bonds. The molecule has 0 radical (unpaired) electrons. The normalized spacial score (nSPS) is 12.0. The van der Waals surface area contributed by atoms with Crippen LogP contribution in [0.25, 0.3) is 0 Å². The molecule has 0 saturated heterocycles. The van der Waals surface area contributed by atoms with Gasteiger partial charge in [0.05, 0.1) is 14.2 Å². The van der Waals surface area contributed by atoms with E-state index in [0.29, 0.717) is 16.3 Å². The second kappa shape index (κ2) is 5.37. The number of alkyl halides is 1. The van der Waals surface area contributed by atoms with Crippen molar-refractivity contribution >= 4 is 33.5 Å². The maximum Gasteiger partial charge on any atom is 0.324 e. The molecule has 1 aromatic carbocycles. The molecule has 0 bridgehead atoms. The molecule has 3 nitrogen and oxygen atoms in total. The van der Waals surface area contributed by atoms with Crippen LogP contribution in [0.2, 0.25) is 5.02 Å². The molecule has 0 aliphatic rings. The molecule has 0 aromatic heterocycles. The van der Waals surface area contributed by atoms with Crippen molar-refractivity contribution in [2.45, 2.75) is 4.83 Å². The number of rotatable bonds is 3. The van der Waals surface area contributed by atoms with Crippen LogP contribution in [0.1, 0.15) is 10.4 Å². The maximum absolute atomic E-state index is 11.3. The molecule has 1 atom stereocenters. The molecule has 1 aromatic rings. The third-order valence-electron chi connectivity index (χ3n) is 1.88. The highest BCUT2D eigenvalue weighted by atomic mass is 79.9. The zero-order valence-corrected chi connectivity index (χ0v) is 10.6. The molecular weight excluding hydrogens is 283 g/mol. The Bertz CT molecular complexity index is 368. The first-order valence-corrected chi connectivity index (χ1v) is 5.45. The van der Waals surface area contributed by atoms with E-state index in [1.165, 1.54) is 14.2 Å². The van der Waals surface area contributed by atoms with Crippen LogP contribution in [-0.4, -0.2) is 20.2 Å². The predicted octanol–water partition coefficient (Wildman–Crippen LogP) is 2.96. The Balaban J connectivity index is 3.07. The Hall–Kier alpha value is -0.740. The Kier molecular flexibility index (Phi) is 4.42. The highest BCUT2D eigenvalue weighted by Crippen LogP contribution is 2.33. The van der Waals surface area contributed by atoms with Crippen LogP contribution >= 0.6 is 27.5 Å². The third kappa shape index (κ3) is 2.86. The summed E-state index contributed by atoms with van der Waals surface area (Å²) in [5.41, 5.74) is 0.689. The van der Waals surface area contributed by atoms with Gasteiger partial charge in [-0.05, 0) is 12.1 Å². The molecule has 1 unspecified atom stereocenters. The Morgan fingerprint density at radius 1 is 1.47 bits per heavy atom. The number of methoxy groups -OCH3 is 2. The van der Waals surface area contributed by atoms with Gasteiger partial charge in [0.15, 0.2) is 0 Å². The van der Waals surface area contributed by atoms with Crippen LogP contribution < -0.4 is 4.74 Å². The molecule has 15 heavy (non-hydrogen) atoms. The van der Waals surface area contributed by atoms with Gasteiger partial charge in [-0.3, -0.25) is 4.79 Å². The summed E-state index contributed by atoms with van der Waals surface area (Å²) >= 11 is 9.03. The molecule has 0 spiro atoms. The number of ether oxygens (including phenoxy) is 2. The quantitative estimate of drug-likeness (QED) is 0.635. The van der Waals surface area contributed by atoms with Gasteiger partial charge < -0.3 is 9.47 Å². The van der Waals surface area contributed by atoms with Gasteiger partial charge in [-0.2, -0.15) is 0 Å². The number of carbonyl (C=O) groups excluding carboxylic acids is 1. The van der Waals surface area contributed by atoms with E-state index in [-0.39, 0.29) is 5.97 Å². The molecule has 0 aliphatic carbocycles. The third-order valence-corrected chi connectivity index (χ3v) is 2.98. The van der Waals surface area contributed by atoms with E-state index < -0.39 is 4.83 Å². The molecule has 0 aliphatic heterocycles. The van der Waals surface area contributed by atoms with E-state index in [2.05, 4.69) is 20.7 Å². The monoisotopic (exact) mass is 292 g/mol. The minimum Gasteiger partial charge on any atom is -0.496 e. The van der Waals surface area contributed by atoms with Gasteiger partial charge in [-0.25, -0.2) is 0 Å². The highest BCUT2D eigenvalue weighted by Gasteiger charge is 2.21. The number of hydrogen-bond donors (Lipinski definition) is 0. The van der Waals surface area contributed by atoms with Crippen LogP contribution in [0, 0.1) is 0 Å². The van der Waals surface area contributed by atoms with Gasteiger partial charge in [0, 0.05) is 10.6 Å². The van der Waals surface area contributed by atoms with Crippen molar-refractivity contribution in [3.05, 3.63) is 28.8 Å². The fourth-order valence-electron chi connectivity index (χ4n) is 1.12. The SMILES string of the molecule is COC(=O)C(Br)c1ccc(Cl)cc1OC. The zero-order chi connectivity index (χ0) is 11.4. The molecule has 0 saturated carbocycles. The van der Waals surface area contributed by atoms with Gasteiger partial charge in [0.1, 0.15) is 10.6 Å². The van der Waals surface area contributed by atoms with Crippen molar-refractivity contribution in [3.8, 4) is 5.75 Å². The number of hydrogen-bond acceptors (Lipinski definition) is 3. The summed E-state index contributed by atoms with van der Waals surface area (Å²) in [7, 11) is 2.85. The van der Waals surface area contributed by atoms with E-state index in [1.54, 1.807) is 18.2 Å². The van der Waals surface area contributed by atoms with Gasteiger partial charge in [0.25, 0.3) is 0 Å². The summed E-state index contributed by atoms with van der Waals surface area (Å²) in [4.78, 5) is 10.8. The minimum absolute atomic E-state index is 0.379. The lowest BCUT2D eigenvalue weighted by Crippen LogP contribution is -2.09. The van der Waals surface area contributed by atoms with Crippen molar-refractivity contribution < 1.29 is 14.3 Å². The van der Waals surface area contributed by atoms with Gasteiger partial charge in [-0.1, -0.05) is 33.6 Å². The number of esters is 1. The smallest absolute Gasteiger partial charge is 0.324 e. The van der Waals surface area contributed by atoms with Crippen molar-refractivity contribution in [1.29, 1.82) is 0 Å². The first-order valence-electron chi connectivity index (χ1n) is 4.15. The Morgan fingerprint density at radius 2 is 2.13 bits per heavy atom. The first-order chi connectivity index (χ1) is 7.10. The van der Waals surface area contributed by atoms with Gasteiger partial charge in [0.2, 0.25) is 0 Å². The number of halogens is 2. The number of carbonyl (C=O) groups is 1. The lowest BCUT2D eigenvalue weighted by Gasteiger charge is -2.12. The lowest BCUT2D eigenvalue weighted by atomic mass is 10.1. The fraction of sp³-hybridized carbons (Fsp3) is 0.300. The Morgan fingerprint density at radius 3 is 2.67 bits per heavy atom. The average Bonchev–Trinajstić information content (AvgIpc) is 2.26. The fourth-order valence-corrected chi connectivity index (χ4v) is 1.85. The lowest BCUT2D eigenvalue weighted by molar-refractivity contribution is -0.139. The van der Waals surface area contributed by atoms with Crippen LogP contribution in [-0.2, 0) is 9.53 Å². The van der Waals surface area contributed by atoms with E-state index in [9.17, 15) is 4.79 Å². The van der Waals surface area contributed by atoms with Gasteiger partial charge >= 0.3 is 5.97 Å². The summed E-state index contributed by atoms with van der Waals surface area (Å²) in [6.45, 7) is 0. The van der Waals surface area contributed by atoms with Crippen LogP contribution in [0.3, 0.4) is 0 Å². The van der Waals surface area contributed by atoms with E-state index in [4.69, 9.17) is 16.3 Å². The summed E-state index contributed by atoms with van der Waals surface area (Å²) in [6, 6.07) is 5.06. The summed E-state index contributed by atoms with van der Waals surface area (Å²) in [5, 5.41) is 0.556. The second-order valence-electron chi connectivity index (χ2n) is 2.77. The largest absolute Gasteiger partial charge is 0.496 e. The van der Waals surface area contributed by atoms with Crippen molar-refractivity contribution in [1.82, 2.24) is 0 Å². The maximum atomic E-state index is 11.3. The zero-order valence-electron chi connectivity index (χ0n) is 8.29. The summed E-state index contributed by atoms with van der Waals surface area (Å²) in [5.74, 6) is 0.172. The van der Waals surface area contributed by atoms with E-state index in [0.717, 1.165) is 0 Å². The van der Waals surface area contributed by atoms with Crippen molar-refractivity contribution in [3.63, 3.8) is 0 Å². The minimum atomic E-state index is -0.547. The predicted molar refractivity (Wildman–Crippen MR) is 61.7 cm³/mol. The Labute approximate surface area is 101 Å². The topological polar surface area (TPSA) is 35.5 Å². The molecular formula is C10H10BrClO3. The first kappa shape index (κ1) is 12.3. The van der Waals surface area contributed by atoms with Crippen LogP contribution in [0.15, 0.2) is 18.2 Å². The molecule has 0 fully saturated rings. The van der Waals surface area contributed by atoms with Crippen molar-refractivity contribution in [2.24, 2.45) is 0 Å². The van der Waals surface area contributed by atoms with Crippen LogP contribution in [0.4, 0.5) is 0 Å². The molecule has 0 heterocycles. The van der Waals surface area contributed by atoms with E-state index in [1.807, 2.05) is 0 Å². The second-order valence-corrected chi connectivity index (χ2v) is 4.12. The standard InChI is InChI=1S/C10H10BrClO3/c1-14-8-5-6(12)3-4-7(8)9(11)10(13)15-2/h3-5,9H,1-2H3. The number of benzene rings is 1. The highest BCUT2D eigenvalue weighted by molar-refractivity contribution is 9.09. The molecule has 82 valence electrons. The summed E-state index contributed by atoms with van der Waals surface area (Å²) in [6.07, 6.45) is 0. The molecule has 0 N–H and O–H groups in total. The van der Waals surface area contributed by atoms with Crippen molar-refractivity contribution in [2.75, 3.05) is 14.2 Å². The van der Waals surface area contributed by atoms with E-state index >= 15 is 0 Å². The van der Waals surface area contributed by atoms with Gasteiger partial charge in [-0.15, -0.1) is 0 Å². The average molecular weight is 294 g/mol. The van der Waals surface area contributed by atoms with Crippen LogP contribution in [0.5, 0.6) is 5.75 Å². The molecule has 1 rings (SSSR count).